The van der Waals surface area contributed by atoms with Gasteiger partial charge in [0.05, 0.1) is 28.6 Å². The van der Waals surface area contributed by atoms with E-state index in [2.05, 4.69) is 73.2 Å². The van der Waals surface area contributed by atoms with Crippen molar-refractivity contribution in [2.24, 2.45) is 18.0 Å². The zero-order valence-electron chi connectivity index (χ0n) is 29.2. The minimum absolute atomic E-state index is 0.400. The number of piperazine rings is 1. The van der Waals surface area contributed by atoms with Gasteiger partial charge in [-0.05, 0) is 74.6 Å². The molecule has 11 heteroatoms. The molecule has 3 fully saturated rings. The molecule has 2 saturated heterocycles. The molecule has 0 atom stereocenters. The van der Waals surface area contributed by atoms with E-state index < -0.39 is 11.6 Å². The maximum Gasteiger partial charge on any atom is 0.208 e. The van der Waals surface area contributed by atoms with Gasteiger partial charge in [0.15, 0.2) is 0 Å². The standard InChI is InChI=1S/C39H45F2N9/c1-5-6-37-34(21-42-46(37)4)36-16-28(15-25(2)43-36)26(3)44-39-45-35-10-9-31(20-38(35)50(39)22-27-7-8-27)47-11-13-48(14-12-47)33-23-49(24-33)32-18-29(40)17-30(41)19-32/h9-10,15-21,27,33H,3,5-8,11-14,22-24H2,1-2,4H3,(H,44,45). The van der Waals surface area contributed by atoms with Crippen LogP contribution in [-0.4, -0.2) is 74.5 Å². The van der Waals surface area contributed by atoms with Crippen LogP contribution in [0.4, 0.5) is 20.2 Å². The normalized spacial score (nSPS) is 17.6. The van der Waals surface area contributed by atoms with Crippen LogP contribution in [-0.2, 0) is 20.0 Å². The van der Waals surface area contributed by atoms with Crippen molar-refractivity contribution in [1.29, 1.82) is 0 Å². The van der Waals surface area contributed by atoms with Gasteiger partial charge in [-0.15, -0.1) is 0 Å². The van der Waals surface area contributed by atoms with Crippen LogP contribution in [0.1, 0.15) is 43.1 Å². The third kappa shape index (κ3) is 6.46. The van der Waals surface area contributed by atoms with E-state index in [1.165, 1.54) is 36.4 Å². The van der Waals surface area contributed by atoms with Crippen LogP contribution in [0.5, 0.6) is 0 Å². The number of hydrogen-bond donors (Lipinski definition) is 1. The molecule has 1 aliphatic carbocycles. The molecule has 50 heavy (non-hydrogen) atoms. The molecule has 0 spiro atoms. The van der Waals surface area contributed by atoms with Gasteiger partial charge in [-0.2, -0.15) is 5.10 Å². The number of anilines is 2. The van der Waals surface area contributed by atoms with E-state index in [-0.39, 0.29) is 0 Å². The minimum atomic E-state index is -0.527. The first kappa shape index (κ1) is 32.4. The van der Waals surface area contributed by atoms with Crippen LogP contribution in [0.2, 0.25) is 0 Å². The average Bonchev–Trinajstić information content (AvgIpc) is 3.74. The number of nitrogens with zero attached hydrogens (tertiary/aromatic N) is 8. The fourth-order valence-corrected chi connectivity index (χ4v) is 7.52. The number of imidazole rings is 1. The number of aromatic amines is 1. The molecule has 0 unspecified atom stereocenters. The van der Waals surface area contributed by atoms with Crippen molar-refractivity contribution in [1.82, 2.24) is 29.2 Å². The molecule has 1 N–H and O–H groups in total. The summed E-state index contributed by atoms with van der Waals surface area (Å²) >= 11 is 0. The van der Waals surface area contributed by atoms with E-state index in [4.69, 9.17) is 9.98 Å². The SMILES string of the molecule is C=C(/N=c1\[nH]c2ccc(N3CCN(C4CN(c5cc(F)cc(F)c5)C4)CC3)cc2n1CC1CC1)c1cc(C)nc(-c2cnn(C)c2CCC)c1. The molecule has 0 bridgehead atoms. The first-order chi connectivity index (χ1) is 24.2. The number of nitrogens with one attached hydrogen (secondary N) is 1. The van der Waals surface area contributed by atoms with Crippen molar-refractivity contribution in [2.75, 3.05) is 49.1 Å². The maximum absolute atomic E-state index is 13.7. The van der Waals surface area contributed by atoms with Crippen LogP contribution in [0.15, 0.2) is 66.3 Å². The Balaban J connectivity index is 1.01. The topological polar surface area (TPSA) is 73.5 Å². The highest BCUT2D eigenvalue weighted by Gasteiger charge is 2.34. The summed E-state index contributed by atoms with van der Waals surface area (Å²) in [5.74, 6) is -0.391. The largest absolute Gasteiger partial charge is 0.369 e. The number of benzene rings is 2. The number of aromatic nitrogens is 5. The summed E-state index contributed by atoms with van der Waals surface area (Å²) < 4.78 is 31.8. The Labute approximate surface area is 291 Å². The van der Waals surface area contributed by atoms with Crippen LogP contribution in [0.3, 0.4) is 0 Å². The number of H-pyrrole nitrogens is 1. The lowest BCUT2D eigenvalue weighted by atomic mass is 10.0. The maximum atomic E-state index is 13.7. The number of rotatable bonds is 10. The van der Waals surface area contributed by atoms with Crippen molar-refractivity contribution < 1.29 is 8.78 Å². The van der Waals surface area contributed by atoms with Gasteiger partial charge in [-0.3, -0.25) is 14.6 Å². The predicted octanol–water partition coefficient (Wildman–Crippen LogP) is 6.30. The molecule has 8 rings (SSSR count). The van der Waals surface area contributed by atoms with Gasteiger partial charge in [0.1, 0.15) is 11.6 Å². The second kappa shape index (κ2) is 13.2. The zero-order valence-corrected chi connectivity index (χ0v) is 29.2. The highest BCUT2D eigenvalue weighted by molar-refractivity contribution is 5.80. The summed E-state index contributed by atoms with van der Waals surface area (Å²) in [6.45, 7) is 14.9. The summed E-state index contributed by atoms with van der Waals surface area (Å²) in [4.78, 5) is 20.6. The van der Waals surface area contributed by atoms with Crippen molar-refractivity contribution in [3.8, 4) is 11.3 Å². The zero-order chi connectivity index (χ0) is 34.5. The van der Waals surface area contributed by atoms with Crippen LogP contribution < -0.4 is 15.4 Å². The molecule has 5 heterocycles. The van der Waals surface area contributed by atoms with Crippen molar-refractivity contribution in [3.05, 3.63) is 95.5 Å². The van der Waals surface area contributed by atoms with Gasteiger partial charge in [0.2, 0.25) is 5.62 Å². The van der Waals surface area contributed by atoms with Gasteiger partial charge in [-0.1, -0.05) is 19.9 Å². The molecule has 5 aromatic rings. The number of aryl methyl sites for hydroxylation is 2. The molecule has 1 saturated carbocycles. The Morgan fingerprint density at radius 3 is 2.44 bits per heavy atom. The minimum Gasteiger partial charge on any atom is -0.369 e. The first-order valence-corrected chi connectivity index (χ1v) is 17.9. The van der Waals surface area contributed by atoms with E-state index >= 15 is 0 Å². The second-order valence-corrected chi connectivity index (χ2v) is 14.2. The highest BCUT2D eigenvalue weighted by Crippen LogP contribution is 2.33. The Kier molecular flexibility index (Phi) is 8.54. The van der Waals surface area contributed by atoms with Crippen molar-refractivity contribution >= 4 is 28.1 Å². The van der Waals surface area contributed by atoms with Crippen LogP contribution in [0.25, 0.3) is 28.0 Å². The third-order valence-corrected chi connectivity index (χ3v) is 10.5. The molecular formula is C39H45F2N9. The number of fused-ring (bicyclic) bond motifs is 1. The average molecular weight is 678 g/mol. The molecule has 0 amide bonds. The summed E-state index contributed by atoms with van der Waals surface area (Å²) in [6, 6.07) is 15.0. The second-order valence-electron chi connectivity index (χ2n) is 14.2. The molecule has 3 aromatic heterocycles. The molecule has 0 radical (unpaired) electrons. The first-order valence-electron chi connectivity index (χ1n) is 17.9. The van der Waals surface area contributed by atoms with Crippen molar-refractivity contribution in [2.45, 2.75) is 52.1 Å². The summed E-state index contributed by atoms with van der Waals surface area (Å²) in [6.07, 6.45) is 6.37. The number of halogens is 2. The monoisotopic (exact) mass is 677 g/mol. The Bertz CT molecular complexity index is 2100. The van der Waals surface area contributed by atoms with E-state index in [9.17, 15) is 8.78 Å². The van der Waals surface area contributed by atoms with Gasteiger partial charge < -0.3 is 19.4 Å². The lowest BCUT2D eigenvalue weighted by Gasteiger charge is -2.49. The molecule has 2 aliphatic heterocycles. The van der Waals surface area contributed by atoms with Crippen molar-refractivity contribution in [3.63, 3.8) is 0 Å². The summed E-state index contributed by atoms with van der Waals surface area (Å²) in [7, 11) is 1.99. The number of hydrogen-bond acceptors (Lipinski definition) is 6. The lowest BCUT2D eigenvalue weighted by Crippen LogP contribution is -2.63. The van der Waals surface area contributed by atoms with Crippen LogP contribution in [0, 0.1) is 24.5 Å². The Hall–Kier alpha value is -4.77. The number of pyridine rings is 1. The summed E-state index contributed by atoms with van der Waals surface area (Å²) in [5.41, 5.74) is 10.6. The molecule has 3 aliphatic rings. The van der Waals surface area contributed by atoms with E-state index in [0.29, 0.717) is 23.3 Å². The molecule has 9 nitrogen and oxygen atoms in total. The van der Waals surface area contributed by atoms with Gasteiger partial charge >= 0.3 is 0 Å². The van der Waals surface area contributed by atoms with E-state index in [0.717, 1.165) is 104 Å². The molecular weight excluding hydrogens is 632 g/mol. The van der Waals surface area contributed by atoms with Gasteiger partial charge in [0.25, 0.3) is 0 Å². The van der Waals surface area contributed by atoms with Crippen LogP contribution >= 0.6 is 0 Å². The molecule has 260 valence electrons. The summed E-state index contributed by atoms with van der Waals surface area (Å²) in [5, 5.41) is 4.52. The van der Waals surface area contributed by atoms with Gasteiger partial charge in [-0.25, -0.2) is 13.8 Å². The highest BCUT2D eigenvalue weighted by atomic mass is 19.1. The molecule has 2 aromatic carbocycles. The van der Waals surface area contributed by atoms with Gasteiger partial charge in [0, 0.05) is 98.9 Å². The Morgan fingerprint density at radius 2 is 1.72 bits per heavy atom. The smallest absolute Gasteiger partial charge is 0.208 e. The van der Waals surface area contributed by atoms with E-state index in [1.54, 1.807) is 0 Å². The quantitative estimate of drug-likeness (QED) is 0.188. The van der Waals surface area contributed by atoms with E-state index in [1.807, 2.05) is 24.9 Å². The third-order valence-electron chi connectivity index (χ3n) is 10.5. The predicted molar refractivity (Wildman–Crippen MR) is 195 cm³/mol. The Morgan fingerprint density at radius 1 is 0.960 bits per heavy atom. The fraction of sp³-hybridized carbons (Fsp3) is 0.410. The fourth-order valence-electron chi connectivity index (χ4n) is 7.52. The lowest BCUT2D eigenvalue weighted by molar-refractivity contribution is 0.157.